The molecule has 1 atom stereocenters. The second-order valence-corrected chi connectivity index (χ2v) is 7.34. The Bertz CT molecular complexity index is 1120. The van der Waals surface area contributed by atoms with Gasteiger partial charge in [-0.25, -0.2) is 4.79 Å². The number of rotatable bonds is 5. The van der Waals surface area contributed by atoms with Gasteiger partial charge in [0.15, 0.2) is 0 Å². The molecule has 1 fully saturated rings. The van der Waals surface area contributed by atoms with E-state index in [0.717, 1.165) is 34.7 Å². The molecule has 2 aromatic rings. The third-order valence-electron chi connectivity index (χ3n) is 5.25. The van der Waals surface area contributed by atoms with Crippen LogP contribution in [0.4, 0.5) is 24.5 Å². The lowest BCUT2D eigenvalue weighted by Gasteiger charge is -2.27. The van der Waals surface area contributed by atoms with Gasteiger partial charge in [0.1, 0.15) is 5.75 Å². The number of hydrogen-bond acceptors (Lipinski definition) is 6. The van der Waals surface area contributed by atoms with Crippen molar-refractivity contribution in [3.63, 3.8) is 0 Å². The fourth-order valence-electron chi connectivity index (χ4n) is 3.58. The third kappa shape index (κ3) is 4.49. The highest BCUT2D eigenvalue weighted by Gasteiger charge is 2.49. The van der Waals surface area contributed by atoms with E-state index >= 15 is 0 Å². The standard InChI is InChI=1S/C21H18F3N5O4/c1-33-16-8-6-15(7-9-16)27-10-11-28-18(31)19(32)29(26-20(27)28)12-17(30)25-14-4-2-13(3-5-14)21(22,23)24/h2-9,20H,10-12H2,1H3/p+1. The Balaban J connectivity index is 1.50. The number of amides is 3. The second-order valence-electron chi connectivity index (χ2n) is 7.34. The van der Waals surface area contributed by atoms with E-state index in [9.17, 15) is 27.6 Å². The fourth-order valence-corrected chi connectivity index (χ4v) is 3.58. The monoisotopic (exact) mass is 462 g/mol. The van der Waals surface area contributed by atoms with Crippen molar-refractivity contribution in [3.8, 4) is 5.75 Å². The quantitative estimate of drug-likeness (QED) is 0.544. The molecule has 3 amide bonds. The summed E-state index contributed by atoms with van der Waals surface area (Å²) in [5.41, 5.74) is 0.0155. The first-order valence-electron chi connectivity index (χ1n) is 9.88. The maximum atomic E-state index is 12.7. The Morgan fingerprint density at radius 3 is 2.33 bits per heavy atom. The number of carbonyl (C=O) groups excluding carboxylic acids is 3. The maximum absolute atomic E-state index is 12.7. The molecule has 9 nitrogen and oxygen atoms in total. The molecule has 0 aliphatic carbocycles. The zero-order valence-corrected chi connectivity index (χ0v) is 17.4. The van der Waals surface area contributed by atoms with Crippen LogP contribution in [0.1, 0.15) is 5.56 Å². The van der Waals surface area contributed by atoms with Crippen molar-refractivity contribution in [1.82, 2.24) is 4.90 Å². The lowest BCUT2D eigenvalue weighted by atomic mass is 10.2. The smallest absolute Gasteiger partial charge is 0.497 e. The first-order valence-corrected chi connectivity index (χ1v) is 9.88. The number of halogens is 3. The minimum absolute atomic E-state index is 0.117. The summed E-state index contributed by atoms with van der Waals surface area (Å²) in [6, 6.07) is 11.0. The van der Waals surface area contributed by atoms with E-state index < -0.39 is 42.3 Å². The van der Waals surface area contributed by atoms with Crippen LogP contribution in [0.2, 0.25) is 0 Å². The molecule has 2 aromatic carbocycles. The second kappa shape index (κ2) is 8.52. The highest BCUT2D eigenvalue weighted by Crippen LogP contribution is 2.30. The summed E-state index contributed by atoms with van der Waals surface area (Å²) in [6.07, 6.45) is -5.30. The number of anilines is 2. The number of nitrogens with zero attached hydrogens (tertiary/aromatic N) is 4. The molecule has 33 heavy (non-hydrogen) atoms. The summed E-state index contributed by atoms with van der Waals surface area (Å²) < 4.78 is 44.0. The van der Waals surface area contributed by atoms with E-state index in [0.29, 0.717) is 12.3 Å². The molecule has 4 rings (SSSR count). The van der Waals surface area contributed by atoms with E-state index in [1.54, 1.807) is 31.4 Å². The molecule has 0 spiro atoms. The molecule has 0 bridgehead atoms. The van der Waals surface area contributed by atoms with E-state index in [4.69, 9.17) is 4.74 Å². The van der Waals surface area contributed by atoms with E-state index in [2.05, 4.69) is 10.4 Å². The van der Waals surface area contributed by atoms with Crippen molar-refractivity contribution in [2.75, 3.05) is 37.0 Å². The van der Waals surface area contributed by atoms with Gasteiger partial charge in [0.05, 0.1) is 12.7 Å². The number of fused-ring (bicyclic) bond motifs is 1. The van der Waals surface area contributed by atoms with E-state index in [-0.39, 0.29) is 12.2 Å². The summed E-state index contributed by atoms with van der Waals surface area (Å²) in [4.78, 5) is 40.5. The average Bonchev–Trinajstić information content (AvgIpc) is 3.21. The van der Waals surface area contributed by atoms with Crippen molar-refractivity contribution in [1.29, 1.82) is 0 Å². The molecular weight excluding hydrogens is 443 g/mol. The zero-order chi connectivity index (χ0) is 23.8. The molecule has 172 valence electrons. The third-order valence-corrected chi connectivity index (χ3v) is 5.25. The van der Waals surface area contributed by atoms with Crippen molar-refractivity contribution < 1.29 is 37.0 Å². The largest absolute Gasteiger partial charge is 0.502 e. The van der Waals surface area contributed by atoms with Crippen LogP contribution in [-0.4, -0.2) is 60.4 Å². The van der Waals surface area contributed by atoms with Crippen molar-refractivity contribution in [2.24, 2.45) is 5.11 Å². The van der Waals surface area contributed by atoms with Gasteiger partial charge >= 0.3 is 18.0 Å². The van der Waals surface area contributed by atoms with Gasteiger partial charge in [-0.15, -0.1) is 0 Å². The minimum Gasteiger partial charge on any atom is -0.497 e. The number of benzene rings is 2. The van der Waals surface area contributed by atoms with Crippen LogP contribution >= 0.6 is 0 Å². The molecule has 12 heteroatoms. The number of carbonyl (C=O) groups is 3. The Morgan fingerprint density at radius 2 is 1.73 bits per heavy atom. The number of hydrogen-bond donors (Lipinski definition) is 1. The Labute approximate surface area is 186 Å². The average molecular weight is 462 g/mol. The van der Waals surface area contributed by atoms with Crippen LogP contribution in [0, 0.1) is 0 Å². The number of methoxy groups -OCH3 is 1. The Kier molecular flexibility index (Phi) is 5.75. The van der Waals surface area contributed by atoms with Crippen LogP contribution in [0.15, 0.2) is 53.6 Å². The van der Waals surface area contributed by atoms with Gasteiger partial charge in [-0.3, -0.25) is 14.5 Å². The van der Waals surface area contributed by atoms with Crippen LogP contribution in [0.3, 0.4) is 0 Å². The van der Waals surface area contributed by atoms with Gasteiger partial charge in [0.2, 0.25) is 0 Å². The Morgan fingerprint density at radius 1 is 1.09 bits per heavy atom. The van der Waals surface area contributed by atoms with Gasteiger partial charge in [0.25, 0.3) is 18.7 Å². The van der Waals surface area contributed by atoms with E-state index in [1.807, 2.05) is 4.90 Å². The normalized spacial score (nSPS) is 18.2. The van der Waals surface area contributed by atoms with Gasteiger partial charge in [0, 0.05) is 29.6 Å². The maximum Gasteiger partial charge on any atom is 0.502 e. The van der Waals surface area contributed by atoms with Crippen LogP contribution in [0.25, 0.3) is 0 Å². The lowest BCUT2D eigenvalue weighted by Crippen LogP contribution is -2.52. The van der Waals surface area contributed by atoms with Crippen LogP contribution < -0.4 is 15.0 Å². The van der Waals surface area contributed by atoms with Crippen LogP contribution in [0.5, 0.6) is 5.75 Å². The van der Waals surface area contributed by atoms with Gasteiger partial charge < -0.3 is 15.0 Å². The number of ether oxygens (including phenoxy) is 1. The first kappa shape index (κ1) is 22.2. The molecule has 2 aliphatic rings. The van der Waals surface area contributed by atoms with Gasteiger partial charge in [-0.2, -0.15) is 13.2 Å². The summed E-state index contributed by atoms with van der Waals surface area (Å²) in [5.74, 6) is -1.79. The molecule has 0 radical (unpaired) electrons. The van der Waals surface area contributed by atoms with Crippen molar-refractivity contribution in [3.05, 3.63) is 54.1 Å². The Hall–Kier alpha value is -3.96. The topological polar surface area (TPSA) is 94.3 Å². The highest BCUT2D eigenvalue weighted by molar-refractivity contribution is 6.32. The summed E-state index contributed by atoms with van der Waals surface area (Å²) in [7, 11) is 1.54. The van der Waals surface area contributed by atoms with Crippen LogP contribution in [-0.2, 0) is 20.6 Å². The fraction of sp³-hybridized carbons (Fsp3) is 0.286. The van der Waals surface area contributed by atoms with Crippen molar-refractivity contribution in [2.45, 2.75) is 12.5 Å². The van der Waals surface area contributed by atoms with E-state index in [1.165, 1.54) is 4.90 Å². The first-order chi connectivity index (χ1) is 15.7. The molecule has 0 saturated carbocycles. The predicted molar refractivity (Wildman–Crippen MR) is 108 cm³/mol. The minimum atomic E-state index is -4.50. The summed E-state index contributed by atoms with van der Waals surface area (Å²) >= 11 is 0. The molecule has 2 aliphatic heterocycles. The predicted octanol–water partition coefficient (Wildman–Crippen LogP) is 2.29. The van der Waals surface area contributed by atoms with Crippen molar-refractivity contribution >= 4 is 29.1 Å². The molecular formula is C21H19F3N5O4+. The van der Waals surface area contributed by atoms with Gasteiger partial charge in [-0.05, 0) is 53.2 Å². The number of alkyl halides is 3. The molecule has 0 aromatic heterocycles. The molecule has 1 N–H and O–H groups in total. The molecule has 2 heterocycles. The highest BCUT2D eigenvalue weighted by atomic mass is 19.4. The summed E-state index contributed by atoms with van der Waals surface area (Å²) in [5, 5.41) is 6.68. The van der Waals surface area contributed by atoms with Gasteiger partial charge in [-0.1, -0.05) is 0 Å². The SMILES string of the molecule is COc1ccc(N2CCN3C(=O)C(=O)[N+](CC(=O)Nc4ccc(C(F)(F)F)cc4)=NC32)cc1. The zero-order valence-electron chi connectivity index (χ0n) is 17.4. The lowest BCUT2D eigenvalue weighted by molar-refractivity contribution is -0.509. The molecule has 1 unspecified atom stereocenters. The number of azo groups is 2. The summed E-state index contributed by atoms with van der Waals surface area (Å²) in [6.45, 7) is 0.161. The molecule has 1 saturated heterocycles. The number of nitrogens with one attached hydrogen (secondary N) is 1.